The number of nitrogens with zero attached hydrogens (tertiary/aromatic N) is 2. The van der Waals surface area contributed by atoms with Crippen LogP contribution in [0.25, 0.3) is 0 Å². The van der Waals surface area contributed by atoms with Crippen LogP contribution in [0, 0.1) is 23.2 Å². The van der Waals surface area contributed by atoms with Crippen LogP contribution < -0.4 is 5.32 Å². The van der Waals surface area contributed by atoms with Crippen molar-refractivity contribution in [3.63, 3.8) is 0 Å². The molecule has 3 unspecified atom stereocenters. The predicted molar refractivity (Wildman–Crippen MR) is 122 cm³/mol. The molecule has 0 aromatic heterocycles. The highest BCUT2D eigenvalue weighted by Crippen LogP contribution is 2.30. The highest BCUT2D eigenvalue weighted by molar-refractivity contribution is 6.07. The third kappa shape index (κ3) is 4.48. The highest BCUT2D eigenvalue weighted by atomic mass is 16.2. The third-order valence-corrected chi connectivity index (χ3v) is 7.17. The number of hydrogen-bond donors (Lipinski definition) is 2. The van der Waals surface area contributed by atoms with E-state index in [-0.39, 0.29) is 29.6 Å². The Hall–Kier alpha value is -2.37. The molecule has 0 saturated carbocycles. The van der Waals surface area contributed by atoms with Crippen LogP contribution in [0.2, 0.25) is 0 Å². The quantitative estimate of drug-likeness (QED) is 0.762. The molecule has 1 aromatic carbocycles. The van der Waals surface area contributed by atoms with Crippen molar-refractivity contribution in [3.8, 4) is 0 Å². The molecular formula is C25H36N4O2. The lowest BCUT2D eigenvalue weighted by atomic mass is 9.82. The van der Waals surface area contributed by atoms with Crippen LogP contribution in [0.3, 0.4) is 0 Å². The number of fused-ring (bicyclic) bond motifs is 1. The van der Waals surface area contributed by atoms with Crippen molar-refractivity contribution in [1.29, 1.82) is 5.41 Å². The van der Waals surface area contributed by atoms with Gasteiger partial charge < -0.3 is 10.2 Å². The van der Waals surface area contributed by atoms with E-state index >= 15 is 0 Å². The molecule has 2 heterocycles. The van der Waals surface area contributed by atoms with Gasteiger partial charge in [-0.25, -0.2) is 0 Å². The summed E-state index contributed by atoms with van der Waals surface area (Å²) in [6.45, 7) is 8.12. The molecule has 31 heavy (non-hydrogen) atoms. The molecule has 2 fully saturated rings. The van der Waals surface area contributed by atoms with Gasteiger partial charge in [-0.05, 0) is 68.4 Å². The van der Waals surface area contributed by atoms with E-state index in [0.717, 1.165) is 38.6 Å². The van der Waals surface area contributed by atoms with Crippen LogP contribution in [0.5, 0.6) is 0 Å². The monoisotopic (exact) mass is 424 g/mol. The van der Waals surface area contributed by atoms with Gasteiger partial charge >= 0.3 is 0 Å². The van der Waals surface area contributed by atoms with E-state index in [0.29, 0.717) is 25.4 Å². The smallest absolute Gasteiger partial charge is 0.254 e. The molecule has 3 aliphatic rings. The van der Waals surface area contributed by atoms with Crippen LogP contribution >= 0.6 is 0 Å². The first-order valence-corrected chi connectivity index (χ1v) is 11.8. The molecule has 168 valence electrons. The molecule has 0 radical (unpaired) electrons. The number of hydrogen-bond acceptors (Lipinski definition) is 3. The van der Waals surface area contributed by atoms with E-state index in [1.165, 1.54) is 11.1 Å². The Kier molecular flexibility index (Phi) is 6.09. The number of carbonyl (C=O) groups is 2. The summed E-state index contributed by atoms with van der Waals surface area (Å²) in [5.41, 5.74) is 2.00. The maximum Gasteiger partial charge on any atom is 0.254 e. The van der Waals surface area contributed by atoms with Crippen LogP contribution in [0.4, 0.5) is 0 Å². The van der Waals surface area contributed by atoms with Crippen molar-refractivity contribution in [2.24, 2.45) is 17.8 Å². The second kappa shape index (κ2) is 8.64. The van der Waals surface area contributed by atoms with Gasteiger partial charge in [0.15, 0.2) is 5.96 Å². The largest absolute Gasteiger partial charge is 0.342 e. The average Bonchev–Trinajstić information content (AvgIpc) is 2.95. The number of nitrogens with one attached hydrogen (secondary N) is 2. The van der Waals surface area contributed by atoms with Gasteiger partial charge in [-0.2, -0.15) is 0 Å². The van der Waals surface area contributed by atoms with Gasteiger partial charge in [-0.1, -0.05) is 38.1 Å². The first kappa shape index (κ1) is 21.8. The van der Waals surface area contributed by atoms with E-state index in [4.69, 9.17) is 5.41 Å². The average molecular weight is 425 g/mol. The molecule has 2 amide bonds. The summed E-state index contributed by atoms with van der Waals surface area (Å²) in [6.07, 6.45) is 5.40. The minimum Gasteiger partial charge on any atom is -0.342 e. The van der Waals surface area contributed by atoms with E-state index in [1.54, 1.807) is 4.90 Å². The maximum atomic E-state index is 13.3. The van der Waals surface area contributed by atoms with Gasteiger partial charge in [0.1, 0.15) is 5.54 Å². The summed E-state index contributed by atoms with van der Waals surface area (Å²) in [6, 6.07) is 8.47. The number of benzene rings is 1. The number of amides is 2. The molecule has 1 aromatic rings. The molecule has 2 saturated heterocycles. The Labute approximate surface area is 185 Å². The molecule has 6 nitrogen and oxygen atoms in total. The van der Waals surface area contributed by atoms with Gasteiger partial charge in [-0.3, -0.25) is 19.9 Å². The van der Waals surface area contributed by atoms with Crippen LogP contribution in [-0.2, 0) is 22.4 Å². The van der Waals surface area contributed by atoms with Gasteiger partial charge in [0.05, 0.1) is 0 Å². The van der Waals surface area contributed by atoms with Gasteiger partial charge in [0.25, 0.3) is 5.91 Å². The molecular weight excluding hydrogens is 388 g/mol. The SMILES string of the molecule is CC(C)CC1(C)NC(=N)N(CC2CCCN(C(=O)C3CCc4ccccc4C3)C2)C1=O. The van der Waals surface area contributed by atoms with Crippen molar-refractivity contribution < 1.29 is 9.59 Å². The van der Waals surface area contributed by atoms with Gasteiger partial charge in [-0.15, -0.1) is 0 Å². The van der Waals surface area contributed by atoms with E-state index in [2.05, 4.69) is 43.4 Å². The van der Waals surface area contributed by atoms with Crippen LogP contribution in [-0.4, -0.2) is 52.7 Å². The van der Waals surface area contributed by atoms with Crippen molar-refractivity contribution in [3.05, 3.63) is 35.4 Å². The molecule has 1 aliphatic carbocycles. The van der Waals surface area contributed by atoms with Crippen LogP contribution in [0.15, 0.2) is 24.3 Å². The zero-order chi connectivity index (χ0) is 22.2. The number of aryl methyl sites for hydroxylation is 1. The molecule has 2 aliphatic heterocycles. The first-order chi connectivity index (χ1) is 14.8. The Morgan fingerprint density at radius 1 is 1.26 bits per heavy atom. The summed E-state index contributed by atoms with van der Waals surface area (Å²) < 4.78 is 0. The molecule has 3 atom stereocenters. The fourth-order valence-corrected chi connectivity index (χ4v) is 5.75. The van der Waals surface area contributed by atoms with Crippen molar-refractivity contribution in [2.75, 3.05) is 19.6 Å². The number of rotatable bonds is 5. The van der Waals surface area contributed by atoms with Crippen LogP contribution in [0.1, 0.15) is 57.6 Å². The number of carbonyl (C=O) groups excluding carboxylic acids is 2. The lowest BCUT2D eigenvalue weighted by Crippen LogP contribution is -2.48. The van der Waals surface area contributed by atoms with Gasteiger partial charge in [0.2, 0.25) is 5.91 Å². The summed E-state index contributed by atoms with van der Waals surface area (Å²) in [5, 5.41) is 11.5. The Bertz CT molecular complexity index is 867. The number of guanidine groups is 1. The topological polar surface area (TPSA) is 76.5 Å². The molecule has 0 bridgehead atoms. The first-order valence-electron chi connectivity index (χ1n) is 11.8. The molecule has 6 heteroatoms. The minimum absolute atomic E-state index is 0.00135. The Morgan fingerprint density at radius 2 is 2.00 bits per heavy atom. The van der Waals surface area contributed by atoms with E-state index < -0.39 is 5.54 Å². The van der Waals surface area contributed by atoms with E-state index in [9.17, 15) is 9.59 Å². The number of piperidine rings is 1. The summed E-state index contributed by atoms with van der Waals surface area (Å²) in [7, 11) is 0. The summed E-state index contributed by atoms with van der Waals surface area (Å²) in [4.78, 5) is 30.0. The molecule has 0 spiro atoms. The highest BCUT2D eigenvalue weighted by Gasteiger charge is 2.46. The molecule has 4 rings (SSSR count). The zero-order valence-electron chi connectivity index (χ0n) is 19.1. The zero-order valence-corrected chi connectivity index (χ0v) is 19.1. The Balaban J connectivity index is 1.37. The number of likely N-dealkylation sites (tertiary alicyclic amines) is 1. The van der Waals surface area contributed by atoms with E-state index in [1.807, 2.05) is 11.8 Å². The van der Waals surface area contributed by atoms with Gasteiger partial charge in [0, 0.05) is 25.6 Å². The Morgan fingerprint density at radius 3 is 2.74 bits per heavy atom. The van der Waals surface area contributed by atoms with Crippen molar-refractivity contribution in [1.82, 2.24) is 15.1 Å². The normalized spacial score (nSPS) is 28.6. The maximum absolute atomic E-state index is 13.3. The third-order valence-electron chi connectivity index (χ3n) is 7.17. The minimum atomic E-state index is -0.690. The second-order valence-corrected chi connectivity index (χ2v) is 10.3. The predicted octanol–water partition coefficient (Wildman–Crippen LogP) is 3.20. The second-order valence-electron chi connectivity index (χ2n) is 10.3. The van der Waals surface area contributed by atoms with Crippen molar-refractivity contribution >= 4 is 17.8 Å². The molecule has 2 N–H and O–H groups in total. The summed E-state index contributed by atoms with van der Waals surface area (Å²) >= 11 is 0. The standard InChI is InChI=1S/C25H36N4O2/c1-17(2)14-25(3)23(31)29(24(26)27-25)16-18-7-6-12-28(15-18)22(30)21-11-10-19-8-4-5-9-20(19)13-21/h4-5,8-9,17-18,21H,6-7,10-16H2,1-3H3,(H2,26,27). The fraction of sp³-hybridized carbons (Fsp3) is 0.640. The lowest BCUT2D eigenvalue weighted by molar-refractivity contribution is -0.138. The summed E-state index contributed by atoms with van der Waals surface area (Å²) in [5.74, 6) is 1.14. The van der Waals surface area contributed by atoms with Crippen molar-refractivity contribution in [2.45, 2.75) is 64.8 Å². The lowest BCUT2D eigenvalue weighted by Gasteiger charge is -2.37. The fourth-order valence-electron chi connectivity index (χ4n) is 5.75.